The fraction of sp³-hybridized carbons (Fsp3) is 0.316. The first-order chi connectivity index (χ1) is 12.9. The number of aromatic nitrogens is 1. The average Bonchev–Trinajstić information content (AvgIpc) is 3.43. The van der Waals surface area contributed by atoms with Crippen molar-refractivity contribution in [2.75, 3.05) is 6.67 Å². The zero-order valence-electron chi connectivity index (χ0n) is 14.2. The molecule has 0 unspecified atom stereocenters. The number of nitrogens with zero attached hydrogens (tertiary/aromatic N) is 2. The van der Waals surface area contributed by atoms with Gasteiger partial charge in [-0.25, -0.2) is 9.38 Å². The molecule has 1 aromatic carbocycles. The largest absolute Gasteiger partial charge is 0.462 e. The minimum atomic E-state index is -1.15. The second kappa shape index (κ2) is 6.87. The van der Waals surface area contributed by atoms with Crippen molar-refractivity contribution in [2.24, 2.45) is 16.6 Å². The van der Waals surface area contributed by atoms with Gasteiger partial charge < -0.3 is 10.5 Å². The van der Waals surface area contributed by atoms with Gasteiger partial charge in [0, 0.05) is 33.6 Å². The van der Waals surface area contributed by atoms with Gasteiger partial charge in [-0.2, -0.15) is 0 Å². The third kappa shape index (κ3) is 3.34. The first-order valence-corrected chi connectivity index (χ1v) is 9.61. The first kappa shape index (κ1) is 18.4. The van der Waals surface area contributed by atoms with E-state index in [0.29, 0.717) is 22.7 Å². The number of halogens is 3. The van der Waals surface area contributed by atoms with Crippen LogP contribution in [0.25, 0.3) is 0 Å². The van der Waals surface area contributed by atoms with Gasteiger partial charge in [0.15, 0.2) is 5.78 Å². The molecule has 1 aromatic heterocycles. The van der Waals surface area contributed by atoms with Crippen molar-refractivity contribution in [3.05, 3.63) is 62.8 Å². The Morgan fingerprint density at radius 1 is 1.41 bits per heavy atom. The van der Waals surface area contributed by atoms with Gasteiger partial charge >= 0.3 is 0 Å². The normalized spacial score (nSPS) is 26.0. The molecule has 140 valence electrons. The standard InChI is InChI=1S/C19H16BrClFN3O2/c20-11-2-4-15(24-8-11)16(26)6-10-1-3-14(21)12(5-10)19(9-22)13-7-17(13)27-18(23)25-19/h1-5,8,13,17H,6-7,9H2,(H2,23,25)/t13-,17+,19+/m1/s1. The van der Waals surface area contributed by atoms with Gasteiger partial charge in [0.25, 0.3) is 6.02 Å². The Hall–Kier alpha value is -1.99. The number of benzene rings is 1. The van der Waals surface area contributed by atoms with E-state index >= 15 is 0 Å². The molecule has 2 aromatic rings. The molecule has 3 atom stereocenters. The predicted molar refractivity (Wildman–Crippen MR) is 104 cm³/mol. The van der Waals surface area contributed by atoms with E-state index in [-0.39, 0.29) is 30.2 Å². The van der Waals surface area contributed by atoms with Crippen LogP contribution in [0.3, 0.4) is 0 Å². The van der Waals surface area contributed by atoms with E-state index in [1.807, 2.05) is 0 Å². The summed E-state index contributed by atoms with van der Waals surface area (Å²) in [4.78, 5) is 20.9. The maximum absolute atomic E-state index is 14.2. The van der Waals surface area contributed by atoms with Crippen LogP contribution in [-0.4, -0.2) is 29.6 Å². The number of pyridine rings is 1. The fourth-order valence-electron chi connectivity index (χ4n) is 3.56. The van der Waals surface area contributed by atoms with E-state index in [4.69, 9.17) is 22.1 Å². The Kier molecular flexibility index (Phi) is 4.68. The zero-order valence-corrected chi connectivity index (χ0v) is 16.5. The number of carbonyl (C=O) groups is 1. The van der Waals surface area contributed by atoms with Crippen LogP contribution >= 0.6 is 27.5 Å². The highest BCUT2D eigenvalue weighted by molar-refractivity contribution is 9.10. The van der Waals surface area contributed by atoms with E-state index in [9.17, 15) is 9.18 Å². The van der Waals surface area contributed by atoms with Crippen LogP contribution in [0.4, 0.5) is 4.39 Å². The van der Waals surface area contributed by atoms with Crippen molar-refractivity contribution in [2.45, 2.75) is 24.5 Å². The minimum absolute atomic E-state index is 0.0250. The first-order valence-electron chi connectivity index (χ1n) is 8.44. The van der Waals surface area contributed by atoms with Gasteiger partial charge in [-0.05, 0) is 46.1 Å². The molecular formula is C19H16BrClFN3O2. The summed E-state index contributed by atoms with van der Waals surface area (Å²) in [6, 6.07) is 8.57. The van der Waals surface area contributed by atoms with Crippen molar-refractivity contribution >= 4 is 39.3 Å². The maximum atomic E-state index is 14.2. The summed E-state index contributed by atoms with van der Waals surface area (Å²) in [6.45, 7) is -0.733. The summed E-state index contributed by atoms with van der Waals surface area (Å²) >= 11 is 9.67. The summed E-state index contributed by atoms with van der Waals surface area (Å²) in [6.07, 6.45) is 2.25. The number of amidine groups is 1. The van der Waals surface area contributed by atoms with E-state index in [0.717, 1.165) is 10.0 Å². The molecule has 5 nitrogen and oxygen atoms in total. The lowest BCUT2D eigenvalue weighted by Crippen LogP contribution is -2.39. The fourth-order valence-corrected chi connectivity index (χ4v) is 4.07. The Morgan fingerprint density at radius 2 is 2.22 bits per heavy atom. The van der Waals surface area contributed by atoms with Crippen LogP contribution in [0.1, 0.15) is 28.0 Å². The number of aliphatic imine (C=N–C) groups is 1. The lowest BCUT2D eigenvalue weighted by atomic mass is 9.84. The van der Waals surface area contributed by atoms with Crippen LogP contribution in [0, 0.1) is 5.92 Å². The van der Waals surface area contributed by atoms with Gasteiger partial charge in [0.2, 0.25) is 0 Å². The van der Waals surface area contributed by atoms with Gasteiger partial charge in [-0.15, -0.1) is 0 Å². The molecule has 2 aliphatic rings. The molecule has 0 saturated heterocycles. The van der Waals surface area contributed by atoms with E-state index in [1.54, 1.807) is 36.5 Å². The molecule has 0 amide bonds. The van der Waals surface area contributed by atoms with Crippen LogP contribution in [0.2, 0.25) is 5.02 Å². The van der Waals surface area contributed by atoms with E-state index in [2.05, 4.69) is 25.9 Å². The van der Waals surface area contributed by atoms with Crippen molar-refractivity contribution < 1.29 is 13.9 Å². The molecule has 1 aliphatic heterocycles. The quantitative estimate of drug-likeness (QED) is 0.700. The molecule has 0 radical (unpaired) electrons. The molecule has 2 N–H and O–H groups in total. The van der Waals surface area contributed by atoms with Crippen molar-refractivity contribution in [1.82, 2.24) is 4.98 Å². The second-order valence-corrected chi connectivity index (χ2v) is 8.11. The predicted octanol–water partition coefficient (Wildman–Crippen LogP) is 3.82. The molecule has 1 saturated carbocycles. The molecular weight excluding hydrogens is 437 g/mol. The Morgan fingerprint density at radius 3 is 2.93 bits per heavy atom. The Balaban J connectivity index is 1.66. The average molecular weight is 453 g/mol. The number of Topliss-reactive ketones (excluding diaryl/α,β-unsaturated/α-hetero) is 1. The number of rotatable bonds is 5. The van der Waals surface area contributed by atoms with E-state index in [1.165, 1.54) is 0 Å². The summed E-state index contributed by atoms with van der Waals surface area (Å²) in [5.41, 5.74) is 6.22. The molecule has 0 bridgehead atoms. The number of fused-ring (bicyclic) bond motifs is 1. The number of hydrogen-bond donors (Lipinski definition) is 1. The topological polar surface area (TPSA) is 77.6 Å². The van der Waals surface area contributed by atoms with Gasteiger partial charge in [0.1, 0.15) is 24.0 Å². The number of nitrogens with two attached hydrogens (primary N) is 1. The Bertz CT molecular complexity index is 937. The van der Waals surface area contributed by atoms with Crippen LogP contribution in [0.15, 0.2) is 46.0 Å². The van der Waals surface area contributed by atoms with Crippen molar-refractivity contribution in [3.8, 4) is 0 Å². The van der Waals surface area contributed by atoms with Gasteiger partial charge in [-0.1, -0.05) is 23.7 Å². The molecule has 1 fully saturated rings. The SMILES string of the molecule is NC1=N[C@@](CF)(c2cc(CC(=O)c3ccc(Br)cn3)ccc2Cl)[C@@H]2C[C@@H]2O1. The highest BCUT2D eigenvalue weighted by atomic mass is 79.9. The third-order valence-corrected chi connectivity index (χ3v) is 5.80. The van der Waals surface area contributed by atoms with Crippen molar-refractivity contribution in [3.63, 3.8) is 0 Å². The molecule has 4 rings (SSSR count). The number of alkyl halides is 1. The van der Waals surface area contributed by atoms with Crippen LogP contribution < -0.4 is 5.73 Å². The highest BCUT2D eigenvalue weighted by Crippen LogP contribution is 2.54. The smallest absolute Gasteiger partial charge is 0.283 e. The third-order valence-electron chi connectivity index (χ3n) is 5.01. The molecule has 8 heteroatoms. The van der Waals surface area contributed by atoms with Crippen LogP contribution in [-0.2, 0) is 16.7 Å². The summed E-state index contributed by atoms with van der Waals surface area (Å²) in [5, 5.41) is 0.398. The maximum Gasteiger partial charge on any atom is 0.283 e. The monoisotopic (exact) mass is 451 g/mol. The minimum Gasteiger partial charge on any atom is -0.462 e. The van der Waals surface area contributed by atoms with E-state index < -0.39 is 12.2 Å². The number of ketones is 1. The zero-order chi connectivity index (χ0) is 19.2. The summed E-state index contributed by atoms with van der Waals surface area (Å²) in [5.74, 6) is -0.240. The lowest BCUT2D eigenvalue weighted by molar-refractivity contribution is 0.0988. The lowest BCUT2D eigenvalue weighted by Gasteiger charge is -2.32. The number of ether oxygens (including phenoxy) is 1. The Labute approximate surface area is 168 Å². The molecule has 0 spiro atoms. The second-order valence-electron chi connectivity index (χ2n) is 6.78. The molecule has 2 heterocycles. The summed E-state index contributed by atoms with van der Waals surface area (Å²) in [7, 11) is 0. The number of carbonyl (C=O) groups excluding carboxylic acids is 1. The summed E-state index contributed by atoms with van der Waals surface area (Å²) < 4.78 is 20.4. The highest BCUT2D eigenvalue weighted by Gasteiger charge is 2.59. The number of hydrogen-bond acceptors (Lipinski definition) is 5. The van der Waals surface area contributed by atoms with Crippen LogP contribution in [0.5, 0.6) is 0 Å². The van der Waals surface area contributed by atoms with Gasteiger partial charge in [0.05, 0.1) is 0 Å². The van der Waals surface area contributed by atoms with Crippen molar-refractivity contribution in [1.29, 1.82) is 0 Å². The molecule has 1 aliphatic carbocycles. The van der Waals surface area contributed by atoms with Gasteiger partial charge in [-0.3, -0.25) is 9.78 Å². The molecule has 27 heavy (non-hydrogen) atoms.